The van der Waals surface area contributed by atoms with Crippen LogP contribution in [0, 0.1) is 11.8 Å². The molecule has 0 saturated heterocycles. The second kappa shape index (κ2) is 11.4. The van der Waals surface area contributed by atoms with E-state index in [1.165, 1.54) is 0 Å². The summed E-state index contributed by atoms with van der Waals surface area (Å²) < 4.78 is 5.02. The number of carbonyl (C=O) groups excluding carboxylic acids is 1. The molecule has 1 rings (SSSR count). The van der Waals surface area contributed by atoms with E-state index in [-0.39, 0.29) is 18.4 Å². The molecule has 0 heterocycles. The molecule has 0 bridgehead atoms. The van der Waals surface area contributed by atoms with Crippen LogP contribution >= 0.6 is 0 Å². The first-order valence-electron chi connectivity index (χ1n) is 9.59. The second-order valence-electron chi connectivity index (χ2n) is 7.39. The summed E-state index contributed by atoms with van der Waals surface area (Å²) in [6, 6.07) is 0. The van der Waals surface area contributed by atoms with Crippen molar-refractivity contribution < 1.29 is 24.5 Å². The Hall–Kier alpha value is -1.20. The molecule has 0 aromatic rings. The van der Waals surface area contributed by atoms with Crippen molar-refractivity contribution in [2.24, 2.45) is 11.8 Å². The van der Waals surface area contributed by atoms with Crippen LogP contribution in [0.2, 0.25) is 0 Å². The zero-order valence-electron chi connectivity index (χ0n) is 15.7. The standard InChI is InChI=1S/C20H34O5/c1-3-4-6-12-20(2,24)13-11-16-9-10-18(21)17(16)8-5-7-14-25-15-19(22)23/h11,13,16-17,24H,3-10,12,14-15H2,1-2H3,(H,22,23)/b13-11+/t16-,17-,20+/m1/s1. The van der Waals surface area contributed by atoms with Crippen LogP contribution in [0.1, 0.15) is 71.6 Å². The van der Waals surface area contributed by atoms with Crippen LogP contribution in [0.3, 0.4) is 0 Å². The largest absolute Gasteiger partial charge is 0.480 e. The molecule has 0 aromatic heterocycles. The monoisotopic (exact) mass is 354 g/mol. The van der Waals surface area contributed by atoms with Gasteiger partial charge in [0.25, 0.3) is 0 Å². The lowest BCUT2D eigenvalue weighted by atomic mass is 9.88. The average molecular weight is 354 g/mol. The number of carboxylic acids is 1. The molecule has 1 fully saturated rings. The van der Waals surface area contributed by atoms with E-state index in [0.29, 0.717) is 18.8 Å². The number of rotatable bonds is 13. The molecular formula is C20H34O5. The molecule has 0 aromatic carbocycles. The van der Waals surface area contributed by atoms with Crippen molar-refractivity contribution in [3.05, 3.63) is 12.2 Å². The lowest BCUT2D eigenvalue weighted by molar-refractivity contribution is -0.142. The Morgan fingerprint density at radius 2 is 2.08 bits per heavy atom. The van der Waals surface area contributed by atoms with Crippen molar-refractivity contribution in [2.45, 2.75) is 77.2 Å². The first kappa shape index (κ1) is 21.8. The predicted molar refractivity (Wildman–Crippen MR) is 97.4 cm³/mol. The minimum absolute atomic E-state index is 0.0298. The van der Waals surface area contributed by atoms with Crippen molar-refractivity contribution >= 4 is 11.8 Å². The molecule has 0 unspecified atom stereocenters. The maximum Gasteiger partial charge on any atom is 0.329 e. The summed E-state index contributed by atoms with van der Waals surface area (Å²) >= 11 is 0. The van der Waals surface area contributed by atoms with Crippen molar-refractivity contribution in [1.82, 2.24) is 0 Å². The molecule has 5 heteroatoms. The summed E-state index contributed by atoms with van der Waals surface area (Å²) in [5, 5.41) is 18.9. The number of ketones is 1. The molecule has 0 amide bonds. The van der Waals surface area contributed by atoms with Gasteiger partial charge in [0.15, 0.2) is 0 Å². The molecule has 0 aliphatic heterocycles. The van der Waals surface area contributed by atoms with Crippen molar-refractivity contribution in [2.75, 3.05) is 13.2 Å². The lowest BCUT2D eigenvalue weighted by Crippen LogP contribution is -2.21. The van der Waals surface area contributed by atoms with Crippen molar-refractivity contribution in [3.63, 3.8) is 0 Å². The molecule has 0 spiro atoms. The van der Waals surface area contributed by atoms with Gasteiger partial charge in [-0.2, -0.15) is 0 Å². The van der Waals surface area contributed by atoms with E-state index in [0.717, 1.165) is 51.4 Å². The topological polar surface area (TPSA) is 83.8 Å². The van der Waals surface area contributed by atoms with Crippen LogP contribution in [0.15, 0.2) is 12.2 Å². The van der Waals surface area contributed by atoms with Gasteiger partial charge in [0.2, 0.25) is 0 Å². The van der Waals surface area contributed by atoms with Gasteiger partial charge in [0, 0.05) is 18.9 Å². The van der Waals surface area contributed by atoms with E-state index in [9.17, 15) is 14.7 Å². The van der Waals surface area contributed by atoms with Gasteiger partial charge in [0.05, 0.1) is 5.60 Å². The van der Waals surface area contributed by atoms with E-state index in [1.54, 1.807) is 0 Å². The van der Waals surface area contributed by atoms with Gasteiger partial charge in [-0.3, -0.25) is 4.79 Å². The summed E-state index contributed by atoms with van der Waals surface area (Å²) in [5.74, 6) is -0.402. The van der Waals surface area contributed by atoms with E-state index in [4.69, 9.17) is 9.84 Å². The number of hydrogen-bond acceptors (Lipinski definition) is 4. The highest BCUT2D eigenvalue weighted by atomic mass is 16.5. The van der Waals surface area contributed by atoms with Gasteiger partial charge in [-0.1, -0.05) is 44.8 Å². The van der Waals surface area contributed by atoms with Gasteiger partial charge < -0.3 is 14.9 Å². The molecule has 0 radical (unpaired) electrons. The fraction of sp³-hybridized carbons (Fsp3) is 0.800. The van der Waals surface area contributed by atoms with Gasteiger partial charge in [0.1, 0.15) is 12.4 Å². The Labute approximate surface area is 151 Å². The maximum absolute atomic E-state index is 12.1. The molecule has 25 heavy (non-hydrogen) atoms. The number of ether oxygens (including phenoxy) is 1. The highest BCUT2D eigenvalue weighted by Crippen LogP contribution is 2.34. The molecule has 1 aliphatic rings. The smallest absolute Gasteiger partial charge is 0.329 e. The average Bonchev–Trinajstić information content (AvgIpc) is 2.89. The Balaban J connectivity index is 2.38. The Morgan fingerprint density at radius 1 is 1.32 bits per heavy atom. The number of aliphatic hydroxyl groups is 1. The number of hydrogen-bond donors (Lipinski definition) is 2. The molecule has 3 atom stereocenters. The highest BCUT2D eigenvalue weighted by Gasteiger charge is 2.32. The number of unbranched alkanes of at least 4 members (excludes halogenated alkanes) is 3. The first-order valence-corrected chi connectivity index (χ1v) is 9.59. The first-order chi connectivity index (χ1) is 11.9. The Morgan fingerprint density at radius 3 is 2.76 bits per heavy atom. The summed E-state index contributed by atoms with van der Waals surface area (Å²) in [7, 11) is 0. The fourth-order valence-electron chi connectivity index (χ4n) is 3.41. The summed E-state index contributed by atoms with van der Waals surface area (Å²) in [4.78, 5) is 22.5. The third-order valence-corrected chi connectivity index (χ3v) is 4.92. The zero-order valence-corrected chi connectivity index (χ0v) is 15.7. The van der Waals surface area contributed by atoms with Crippen molar-refractivity contribution in [1.29, 1.82) is 0 Å². The minimum atomic E-state index is -0.956. The Kier molecular flexibility index (Phi) is 9.98. The fourth-order valence-corrected chi connectivity index (χ4v) is 3.41. The van der Waals surface area contributed by atoms with E-state index in [2.05, 4.69) is 6.92 Å². The molecule has 2 N–H and O–H groups in total. The summed E-state index contributed by atoms with van der Waals surface area (Å²) in [6.07, 6.45) is 11.9. The third kappa shape index (κ3) is 9.17. The van der Waals surface area contributed by atoms with Crippen LogP contribution < -0.4 is 0 Å². The molecule has 144 valence electrons. The number of Topliss-reactive ketones (excluding diaryl/α,β-unsaturated/α-hetero) is 1. The lowest BCUT2D eigenvalue weighted by Gasteiger charge is -2.21. The Bertz CT molecular complexity index is 441. The van der Waals surface area contributed by atoms with Gasteiger partial charge in [-0.25, -0.2) is 4.79 Å². The van der Waals surface area contributed by atoms with Crippen LogP contribution in [-0.4, -0.2) is 40.8 Å². The van der Waals surface area contributed by atoms with E-state index in [1.807, 2.05) is 19.1 Å². The summed E-state index contributed by atoms with van der Waals surface area (Å²) in [5.41, 5.74) is -0.796. The number of aliphatic carboxylic acids is 1. The number of allylic oxidation sites excluding steroid dienone is 1. The third-order valence-electron chi connectivity index (χ3n) is 4.92. The van der Waals surface area contributed by atoms with Crippen LogP contribution in [0.4, 0.5) is 0 Å². The van der Waals surface area contributed by atoms with Crippen LogP contribution in [0.5, 0.6) is 0 Å². The van der Waals surface area contributed by atoms with Gasteiger partial charge in [-0.15, -0.1) is 0 Å². The number of carbonyl (C=O) groups is 2. The zero-order chi connectivity index (χ0) is 18.7. The second-order valence-corrected chi connectivity index (χ2v) is 7.39. The van der Waals surface area contributed by atoms with E-state index < -0.39 is 11.6 Å². The minimum Gasteiger partial charge on any atom is -0.480 e. The molecule has 1 aliphatic carbocycles. The van der Waals surface area contributed by atoms with Crippen molar-refractivity contribution in [3.8, 4) is 0 Å². The van der Waals surface area contributed by atoms with E-state index >= 15 is 0 Å². The molecule has 5 nitrogen and oxygen atoms in total. The predicted octanol–water partition coefficient (Wildman–Crippen LogP) is 3.74. The quantitative estimate of drug-likeness (QED) is 0.389. The SMILES string of the molecule is CCCCC[C@](C)(O)/C=C/[C@H]1CCC(=O)[C@@H]1CCCCOCC(=O)O. The van der Waals surface area contributed by atoms with Gasteiger partial charge in [-0.05, 0) is 38.5 Å². The normalized spacial score (nSPS) is 23.2. The molecular weight excluding hydrogens is 320 g/mol. The number of carboxylic acid groups (broad SMARTS) is 1. The van der Waals surface area contributed by atoms with Crippen LogP contribution in [-0.2, 0) is 14.3 Å². The summed E-state index contributed by atoms with van der Waals surface area (Å²) in [6.45, 7) is 4.14. The maximum atomic E-state index is 12.1. The highest BCUT2D eigenvalue weighted by molar-refractivity contribution is 5.83. The van der Waals surface area contributed by atoms with Crippen LogP contribution in [0.25, 0.3) is 0 Å². The molecule has 1 saturated carbocycles. The van der Waals surface area contributed by atoms with Gasteiger partial charge >= 0.3 is 5.97 Å².